The predicted molar refractivity (Wildman–Crippen MR) is 72.1 cm³/mol. The molecule has 0 unspecified atom stereocenters. The summed E-state index contributed by atoms with van der Waals surface area (Å²) in [5.74, 6) is -0.202. The molecule has 0 aromatic heterocycles. The van der Waals surface area contributed by atoms with Gasteiger partial charge in [0.2, 0.25) is 5.91 Å². The summed E-state index contributed by atoms with van der Waals surface area (Å²) in [6.07, 6.45) is 2.83. The van der Waals surface area contributed by atoms with E-state index < -0.39 is 4.92 Å². The van der Waals surface area contributed by atoms with Crippen molar-refractivity contribution in [3.05, 3.63) is 33.9 Å². The molecular formula is C13H17N3O3. The lowest BCUT2D eigenvalue weighted by Crippen LogP contribution is -2.43. The number of carbonyl (C=O) groups is 1. The van der Waals surface area contributed by atoms with Gasteiger partial charge in [0.05, 0.1) is 11.0 Å². The van der Waals surface area contributed by atoms with Gasteiger partial charge in [-0.25, -0.2) is 0 Å². The van der Waals surface area contributed by atoms with Crippen LogP contribution in [0.1, 0.15) is 24.8 Å². The van der Waals surface area contributed by atoms with Gasteiger partial charge >= 0.3 is 0 Å². The molecule has 1 aliphatic rings. The Kier molecular flexibility index (Phi) is 4.11. The molecule has 19 heavy (non-hydrogen) atoms. The monoisotopic (exact) mass is 263 g/mol. The lowest BCUT2D eigenvalue weighted by atomic mass is 10.0. The molecule has 1 saturated heterocycles. The molecule has 0 saturated carbocycles. The van der Waals surface area contributed by atoms with E-state index in [2.05, 4.69) is 10.6 Å². The first-order chi connectivity index (χ1) is 9.08. The van der Waals surface area contributed by atoms with Gasteiger partial charge in [-0.05, 0) is 37.9 Å². The number of nitro benzene ring substituents is 1. The topological polar surface area (TPSA) is 84.3 Å². The second-order valence-corrected chi connectivity index (χ2v) is 4.77. The summed E-state index contributed by atoms with van der Waals surface area (Å²) in [7, 11) is 0. The van der Waals surface area contributed by atoms with Crippen LogP contribution in [-0.4, -0.2) is 23.4 Å². The summed E-state index contributed by atoms with van der Waals surface area (Å²) < 4.78 is 0. The van der Waals surface area contributed by atoms with Crippen molar-refractivity contribution in [3.63, 3.8) is 0 Å². The van der Waals surface area contributed by atoms with Gasteiger partial charge in [-0.1, -0.05) is 12.5 Å². The second-order valence-electron chi connectivity index (χ2n) is 4.77. The lowest BCUT2D eigenvalue weighted by molar-refractivity contribution is -0.384. The molecule has 2 N–H and O–H groups in total. The van der Waals surface area contributed by atoms with Crippen molar-refractivity contribution >= 4 is 17.3 Å². The molecule has 6 heteroatoms. The van der Waals surface area contributed by atoms with E-state index in [0.29, 0.717) is 0 Å². The minimum absolute atomic E-state index is 0.0656. The molecule has 1 fully saturated rings. The van der Waals surface area contributed by atoms with Gasteiger partial charge in [0, 0.05) is 6.07 Å². The number of anilines is 1. The molecule has 2 rings (SSSR count). The first-order valence-electron chi connectivity index (χ1n) is 6.37. The fourth-order valence-corrected chi connectivity index (χ4v) is 2.19. The van der Waals surface area contributed by atoms with E-state index in [1.54, 1.807) is 19.1 Å². The van der Waals surface area contributed by atoms with Crippen LogP contribution in [0.4, 0.5) is 11.4 Å². The van der Waals surface area contributed by atoms with Gasteiger partial charge in [-0.3, -0.25) is 14.9 Å². The third-order valence-electron chi connectivity index (χ3n) is 3.23. The average Bonchev–Trinajstić information content (AvgIpc) is 2.41. The molecule has 1 aromatic carbocycles. The zero-order chi connectivity index (χ0) is 13.8. The summed E-state index contributed by atoms with van der Waals surface area (Å²) in [5.41, 5.74) is 0.984. The van der Waals surface area contributed by atoms with Crippen LogP contribution in [0.25, 0.3) is 0 Å². The Balaban J connectivity index is 2.13. The number of nitrogens with one attached hydrogen (secondary N) is 2. The molecule has 1 aromatic rings. The molecule has 1 heterocycles. The number of piperidine rings is 1. The van der Waals surface area contributed by atoms with E-state index in [1.807, 2.05) is 0 Å². The number of nitrogens with zero attached hydrogens (tertiary/aromatic N) is 1. The molecule has 1 atom stereocenters. The Morgan fingerprint density at radius 3 is 2.89 bits per heavy atom. The molecular weight excluding hydrogens is 246 g/mol. The van der Waals surface area contributed by atoms with E-state index in [4.69, 9.17) is 0 Å². The summed E-state index contributed by atoms with van der Waals surface area (Å²) in [6, 6.07) is 4.53. The van der Waals surface area contributed by atoms with E-state index in [-0.39, 0.29) is 23.3 Å². The minimum Gasteiger partial charge on any atom is -0.319 e. The zero-order valence-corrected chi connectivity index (χ0v) is 10.8. The molecule has 0 bridgehead atoms. The lowest BCUT2D eigenvalue weighted by Gasteiger charge is -2.22. The number of hydrogen-bond acceptors (Lipinski definition) is 4. The normalized spacial score (nSPS) is 18.9. The van der Waals surface area contributed by atoms with Gasteiger partial charge in [0.1, 0.15) is 5.69 Å². The zero-order valence-electron chi connectivity index (χ0n) is 10.8. The van der Waals surface area contributed by atoms with E-state index in [9.17, 15) is 14.9 Å². The van der Waals surface area contributed by atoms with Crippen molar-refractivity contribution in [1.29, 1.82) is 0 Å². The average molecular weight is 263 g/mol. The molecule has 1 amide bonds. The summed E-state index contributed by atoms with van der Waals surface area (Å²) >= 11 is 0. The number of aryl methyl sites for hydroxylation is 1. The van der Waals surface area contributed by atoms with Crippen molar-refractivity contribution < 1.29 is 9.72 Å². The van der Waals surface area contributed by atoms with Gasteiger partial charge in [-0.15, -0.1) is 0 Å². The van der Waals surface area contributed by atoms with Crippen LogP contribution in [-0.2, 0) is 4.79 Å². The molecule has 0 aliphatic carbocycles. The third kappa shape index (κ3) is 3.29. The maximum atomic E-state index is 12.0. The van der Waals surface area contributed by atoms with Crippen LogP contribution in [0.2, 0.25) is 0 Å². The number of rotatable bonds is 3. The highest BCUT2D eigenvalue weighted by Gasteiger charge is 2.23. The number of benzene rings is 1. The fraction of sp³-hybridized carbons (Fsp3) is 0.462. The predicted octanol–water partition coefficient (Wildman–Crippen LogP) is 1.98. The minimum atomic E-state index is -0.475. The molecule has 0 spiro atoms. The third-order valence-corrected chi connectivity index (χ3v) is 3.23. The van der Waals surface area contributed by atoms with Crippen molar-refractivity contribution in [2.24, 2.45) is 0 Å². The van der Waals surface area contributed by atoms with Gasteiger partial charge in [0.25, 0.3) is 5.69 Å². The highest BCUT2D eigenvalue weighted by atomic mass is 16.6. The van der Waals surface area contributed by atoms with Crippen LogP contribution >= 0.6 is 0 Å². The molecule has 1 aliphatic heterocycles. The van der Waals surface area contributed by atoms with Crippen molar-refractivity contribution in [2.45, 2.75) is 32.2 Å². The van der Waals surface area contributed by atoms with Crippen molar-refractivity contribution in [1.82, 2.24) is 5.32 Å². The highest BCUT2D eigenvalue weighted by molar-refractivity contribution is 5.96. The Morgan fingerprint density at radius 1 is 1.47 bits per heavy atom. The van der Waals surface area contributed by atoms with Gasteiger partial charge < -0.3 is 10.6 Å². The Labute approximate surface area is 111 Å². The Morgan fingerprint density at radius 2 is 2.26 bits per heavy atom. The summed E-state index contributed by atoms with van der Waals surface area (Å²) in [6.45, 7) is 2.59. The summed E-state index contributed by atoms with van der Waals surface area (Å²) in [4.78, 5) is 22.5. The SMILES string of the molecule is Cc1ccc(NC(=O)[C@@H]2CCCCN2)c([N+](=O)[O-])c1. The summed E-state index contributed by atoms with van der Waals surface area (Å²) in [5, 5.41) is 16.7. The Hall–Kier alpha value is -1.95. The first-order valence-corrected chi connectivity index (χ1v) is 6.37. The van der Waals surface area contributed by atoms with Crippen LogP contribution < -0.4 is 10.6 Å². The molecule has 102 valence electrons. The van der Waals surface area contributed by atoms with Crippen LogP contribution in [0.5, 0.6) is 0 Å². The first kappa shape index (κ1) is 13.5. The van der Waals surface area contributed by atoms with E-state index in [1.165, 1.54) is 6.07 Å². The fourth-order valence-electron chi connectivity index (χ4n) is 2.19. The molecule has 0 radical (unpaired) electrons. The number of carbonyl (C=O) groups excluding carboxylic acids is 1. The van der Waals surface area contributed by atoms with Crippen LogP contribution in [0.15, 0.2) is 18.2 Å². The van der Waals surface area contributed by atoms with Crippen LogP contribution in [0, 0.1) is 17.0 Å². The van der Waals surface area contributed by atoms with E-state index in [0.717, 1.165) is 31.4 Å². The maximum absolute atomic E-state index is 12.0. The van der Waals surface area contributed by atoms with E-state index >= 15 is 0 Å². The largest absolute Gasteiger partial charge is 0.319 e. The van der Waals surface area contributed by atoms with Crippen LogP contribution in [0.3, 0.4) is 0 Å². The smallest absolute Gasteiger partial charge is 0.293 e. The number of amides is 1. The van der Waals surface area contributed by atoms with Gasteiger partial charge in [-0.2, -0.15) is 0 Å². The maximum Gasteiger partial charge on any atom is 0.293 e. The van der Waals surface area contributed by atoms with Crippen molar-refractivity contribution in [2.75, 3.05) is 11.9 Å². The number of nitro groups is 1. The highest BCUT2D eigenvalue weighted by Crippen LogP contribution is 2.25. The van der Waals surface area contributed by atoms with Gasteiger partial charge in [0.15, 0.2) is 0 Å². The quantitative estimate of drug-likeness (QED) is 0.645. The number of hydrogen-bond donors (Lipinski definition) is 2. The standard InChI is InChI=1S/C13H17N3O3/c1-9-5-6-10(12(8-9)16(18)19)15-13(17)11-4-2-3-7-14-11/h5-6,8,11,14H,2-4,7H2,1H3,(H,15,17)/t11-/m0/s1. The molecule has 6 nitrogen and oxygen atoms in total. The van der Waals surface area contributed by atoms with Crippen molar-refractivity contribution in [3.8, 4) is 0 Å². The second kappa shape index (κ2) is 5.79. The Bertz CT molecular complexity index is 496.